The maximum absolute atomic E-state index is 10.4. The van der Waals surface area contributed by atoms with Crippen LogP contribution in [0.4, 0.5) is 0 Å². The van der Waals surface area contributed by atoms with Crippen LogP contribution in [-0.4, -0.2) is 11.2 Å². The molecule has 1 saturated carbocycles. The molecule has 1 fully saturated rings. The van der Waals surface area contributed by atoms with Gasteiger partial charge in [-0.2, -0.15) is 4.99 Å². The lowest BCUT2D eigenvalue weighted by atomic mass is 9.96. The third kappa shape index (κ3) is 1.55. The summed E-state index contributed by atoms with van der Waals surface area (Å²) < 4.78 is 0. The third-order valence-electron chi connectivity index (χ3n) is 2.91. The van der Waals surface area contributed by atoms with Gasteiger partial charge in [0.15, 0.2) is 0 Å². The minimum absolute atomic E-state index is 0.240. The monoisotopic (exact) mass is 203 g/mol. The zero-order chi connectivity index (χ0) is 11.1. The molecule has 0 atom stereocenters. The van der Waals surface area contributed by atoms with Gasteiger partial charge in [-0.1, -0.05) is 6.07 Å². The summed E-state index contributed by atoms with van der Waals surface area (Å²) in [6.45, 7) is 3.86. The van der Waals surface area contributed by atoms with Gasteiger partial charge in [-0.05, 0) is 43.9 Å². The maximum Gasteiger partial charge on any atom is 0.235 e. The van der Waals surface area contributed by atoms with Crippen molar-refractivity contribution in [1.82, 2.24) is 0 Å². The van der Waals surface area contributed by atoms with Crippen molar-refractivity contribution in [3.8, 4) is 5.75 Å². The topological polar surface area (TPSA) is 49.7 Å². The Bertz CT molecular complexity index is 432. The van der Waals surface area contributed by atoms with Crippen LogP contribution in [0.3, 0.4) is 0 Å². The zero-order valence-electron chi connectivity index (χ0n) is 8.87. The van der Waals surface area contributed by atoms with Crippen LogP contribution in [0.1, 0.15) is 29.5 Å². The van der Waals surface area contributed by atoms with E-state index < -0.39 is 5.54 Å². The summed E-state index contributed by atoms with van der Waals surface area (Å²) in [6.07, 6.45) is 3.24. The van der Waals surface area contributed by atoms with E-state index in [1.807, 2.05) is 19.9 Å². The van der Waals surface area contributed by atoms with E-state index in [9.17, 15) is 9.90 Å². The van der Waals surface area contributed by atoms with Gasteiger partial charge < -0.3 is 5.11 Å². The van der Waals surface area contributed by atoms with Crippen LogP contribution >= 0.6 is 0 Å². The van der Waals surface area contributed by atoms with Crippen molar-refractivity contribution in [2.75, 3.05) is 0 Å². The number of carbonyl (C=O) groups excluding carboxylic acids is 1. The number of aryl methyl sites for hydroxylation is 2. The Kier molecular flexibility index (Phi) is 2.13. The number of rotatable bonds is 2. The lowest BCUT2D eigenvalue weighted by Gasteiger charge is -2.14. The van der Waals surface area contributed by atoms with Gasteiger partial charge >= 0.3 is 0 Å². The number of aromatic hydroxyl groups is 1. The zero-order valence-corrected chi connectivity index (χ0v) is 8.87. The predicted molar refractivity (Wildman–Crippen MR) is 56.6 cm³/mol. The lowest BCUT2D eigenvalue weighted by molar-refractivity contribution is 0.458. The van der Waals surface area contributed by atoms with Gasteiger partial charge in [-0.15, -0.1) is 0 Å². The van der Waals surface area contributed by atoms with Crippen molar-refractivity contribution in [1.29, 1.82) is 0 Å². The van der Waals surface area contributed by atoms with Gasteiger partial charge in [-0.25, -0.2) is 4.79 Å². The molecule has 1 aliphatic carbocycles. The molecule has 0 unspecified atom stereocenters. The Morgan fingerprint density at radius 2 is 2.07 bits per heavy atom. The first-order valence-corrected chi connectivity index (χ1v) is 4.99. The van der Waals surface area contributed by atoms with E-state index in [0.29, 0.717) is 0 Å². The fraction of sp³-hybridized carbons (Fsp3) is 0.417. The number of aliphatic imine (C=N–C) groups is 1. The van der Waals surface area contributed by atoms with E-state index in [4.69, 9.17) is 0 Å². The highest BCUT2D eigenvalue weighted by Gasteiger charge is 2.47. The molecule has 1 aliphatic rings. The fourth-order valence-corrected chi connectivity index (χ4v) is 2.17. The quantitative estimate of drug-likeness (QED) is 0.592. The number of phenolic OH excluding ortho intramolecular Hbond substituents is 1. The van der Waals surface area contributed by atoms with Crippen LogP contribution in [0.2, 0.25) is 0 Å². The molecule has 1 N–H and O–H groups in total. The molecule has 0 bridgehead atoms. The van der Waals surface area contributed by atoms with E-state index in [1.165, 1.54) is 0 Å². The molecule has 3 heteroatoms. The van der Waals surface area contributed by atoms with E-state index in [1.54, 1.807) is 12.1 Å². The molecule has 0 spiro atoms. The van der Waals surface area contributed by atoms with Gasteiger partial charge in [0.2, 0.25) is 6.08 Å². The molecule has 0 saturated heterocycles. The number of isocyanates is 1. The summed E-state index contributed by atoms with van der Waals surface area (Å²) in [5, 5.41) is 9.88. The Balaban J connectivity index is 2.58. The van der Waals surface area contributed by atoms with Crippen LogP contribution in [0.5, 0.6) is 5.75 Å². The van der Waals surface area contributed by atoms with Crippen molar-refractivity contribution >= 4 is 6.08 Å². The van der Waals surface area contributed by atoms with Crippen molar-refractivity contribution in [3.05, 3.63) is 28.8 Å². The SMILES string of the molecule is Cc1cc(C)c(C2(N=C=O)CC2)c(O)c1. The van der Waals surface area contributed by atoms with Gasteiger partial charge in [0.25, 0.3) is 0 Å². The molecule has 0 amide bonds. The fourth-order valence-electron chi connectivity index (χ4n) is 2.17. The highest BCUT2D eigenvalue weighted by molar-refractivity contribution is 5.51. The van der Waals surface area contributed by atoms with Crippen LogP contribution < -0.4 is 0 Å². The number of hydrogen-bond acceptors (Lipinski definition) is 3. The molecule has 78 valence electrons. The van der Waals surface area contributed by atoms with Crippen molar-refractivity contribution in [2.45, 2.75) is 32.2 Å². The second kappa shape index (κ2) is 3.21. The minimum atomic E-state index is -0.483. The average Bonchev–Trinajstić information content (AvgIpc) is 2.83. The molecular formula is C12H13NO2. The van der Waals surface area contributed by atoms with E-state index in [-0.39, 0.29) is 5.75 Å². The summed E-state index contributed by atoms with van der Waals surface area (Å²) in [6, 6.07) is 3.71. The molecule has 0 radical (unpaired) electrons. The summed E-state index contributed by atoms with van der Waals surface area (Å²) in [7, 11) is 0. The Morgan fingerprint density at radius 3 is 2.53 bits per heavy atom. The van der Waals surface area contributed by atoms with Gasteiger partial charge in [0, 0.05) is 5.56 Å². The first-order valence-electron chi connectivity index (χ1n) is 4.99. The highest BCUT2D eigenvalue weighted by atomic mass is 16.3. The molecule has 15 heavy (non-hydrogen) atoms. The number of hydrogen-bond donors (Lipinski definition) is 1. The standard InChI is InChI=1S/C12H13NO2/c1-8-5-9(2)11(10(15)6-8)12(3-4-12)13-7-14/h5-6,15H,3-4H2,1-2H3. The smallest absolute Gasteiger partial charge is 0.235 e. The number of nitrogens with zero attached hydrogens (tertiary/aromatic N) is 1. The average molecular weight is 203 g/mol. The van der Waals surface area contributed by atoms with Crippen molar-refractivity contribution < 1.29 is 9.90 Å². The van der Waals surface area contributed by atoms with Crippen LogP contribution in [0.25, 0.3) is 0 Å². The van der Waals surface area contributed by atoms with Crippen molar-refractivity contribution in [3.63, 3.8) is 0 Å². The van der Waals surface area contributed by atoms with Crippen LogP contribution in [0.15, 0.2) is 17.1 Å². The summed E-state index contributed by atoms with van der Waals surface area (Å²) >= 11 is 0. The molecule has 0 aromatic heterocycles. The largest absolute Gasteiger partial charge is 0.508 e. The second-order valence-corrected chi connectivity index (χ2v) is 4.21. The third-order valence-corrected chi connectivity index (χ3v) is 2.91. The molecule has 1 aromatic carbocycles. The van der Waals surface area contributed by atoms with Crippen LogP contribution in [-0.2, 0) is 10.3 Å². The molecule has 1 aromatic rings. The molecule has 2 rings (SSSR count). The maximum atomic E-state index is 10.4. The Hall–Kier alpha value is -1.60. The number of benzene rings is 1. The molecule has 0 heterocycles. The summed E-state index contributed by atoms with van der Waals surface area (Å²) in [5.74, 6) is 0.240. The molecular weight excluding hydrogens is 190 g/mol. The lowest BCUT2D eigenvalue weighted by Crippen LogP contribution is -2.05. The Morgan fingerprint density at radius 1 is 1.40 bits per heavy atom. The minimum Gasteiger partial charge on any atom is -0.508 e. The molecule has 3 nitrogen and oxygen atoms in total. The molecule has 0 aliphatic heterocycles. The highest BCUT2D eigenvalue weighted by Crippen LogP contribution is 2.53. The first-order chi connectivity index (χ1) is 7.09. The van der Waals surface area contributed by atoms with Crippen molar-refractivity contribution in [2.24, 2.45) is 4.99 Å². The first kappa shape index (κ1) is 9.94. The normalized spacial score (nSPS) is 16.9. The van der Waals surface area contributed by atoms with E-state index >= 15 is 0 Å². The van der Waals surface area contributed by atoms with Gasteiger partial charge in [0.1, 0.15) is 11.3 Å². The van der Waals surface area contributed by atoms with E-state index in [0.717, 1.165) is 29.5 Å². The summed E-state index contributed by atoms with van der Waals surface area (Å²) in [4.78, 5) is 14.2. The van der Waals surface area contributed by atoms with E-state index in [2.05, 4.69) is 4.99 Å². The summed E-state index contributed by atoms with van der Waals surface area (Å²) in [5.41, 5.74) is 2.31. The number of phenols is 1. The van der Waals surface area contributed by atoms with Gasteiger partial charge in [0.05, 0.1) is 0 Å². The predicted octanol–water partition coefficient (Wildman–Crippen LogP) is 2.33. The van der Waals surface area contributed by atoms with Gasteiger partial charge in [-0.3, -0.25) is 0 Å². The Labute approximate surface area is 88.5 Å². The second-order valence-electron chi connectivity index (χ2n) is 4.21. The van der Waals surface area contributed by atoms with Crippen LogP contribution in [0, 0.1) is 13.8 Å².